The summed E-state index contributed by atoms with van der Waals surface area (Å²) in [5, 5.41) is 21.1. The van der Waals surface area contributed by atoms with Crippen LogP contribution in [0.2, 0.25) is 0 Å². The molecule has 0 bridgehead atoms. The molecule has 2 amide bonds. The van der Waals surface area contributed by atoms with Crippen molar-refractivity contribution in [3.63, 3.8) is 0 Å². The minimum absolute atomic E-state index is 0.231. The largest absolute Gasteiger partial charge is 0.511 e. The van der Waals surface area contributed by atoms with Gasteiger partial charge in [-0.3, -0.25) is 14.4 Å². The van der Waals surface area contributed by atoms with Gasteiger partial charge >= 0.3 is 5.97 Å². The topological polar surface area (TPSA) is 107 Å². The van der Waals surface area contributed by atoms with E-state index < -0.39 is 29.9 Å². The van der Waals surface area contributed by atoms with Crippen molar-refractivity contribution < 1.29 is 24.6 Å². The van der Waals surface area contributed by atoms with Crippen LogP contribution < -0.4 is 5.32 Å². The zero-order chi connectivity index (χ0) is 19.2. The number of benzene rings is 1. The number of carbonyl (C=O) groups is 3. The molecule has 7 heteroatoms. The van der Waals surface area contributed by atoms with Crippen LogP contribution >= 0.6 is 0 Å². The zero-order valence-corrected chi connectivity index (χ0v) is 14.9. The van der Waals surface area contributed by atoms with Gasteiger partial charge in [-0.25, -0.2) is 0 Å². The average Bonchev–Trinajstić information content (AvgIpc) is 3.53. The smallest absolute Gasteiger partial charge is 0.322 e. The predicted molar refractivity (Wildman–Crippen MR) is 95.8 cm³/mol. The highest BCUT2D eigenvalue weighted by Crippen LogP contribution is 2.50. The van der Waals surface area contributed by atoms with E-state index in [0.29, 0.717) is 12.5 Å². The maximum Gasteiger partial charge on any atom is 0.322 e. The summed E-state index contributed by atoms with van der Waals surface area (Å²) in [5.41, 5.74) is 1.53. The number of rotatable bonds is 6. The summed E-state index contributed by atoms with van der Waals surface area (Å²) in [6, 6.07) is 8.21. The molecule has 27 heavy (non-hydrogen) atoms. The lowest BCUT2D eigenvalue weighted by molar-refractivity contribution is -0.139. The van der Waals surface area contributed by atoms with Crippen molar-refractivity contribution in [1.29, 1.82) is 0 Å². The number of nitrogens with zero attached hydrogens (tertiary/aromatic N) is 1. The second-order valence-electron chi connectivity index (χ2n) is 7.71. The number of carboxylic acid groups (broad SMARTS) is 1. The van der Waals surface area contributed by atoms with E-state index in [0.717, 1.165) is 18.4 Å². The SMILES string of the molecule is O=C(O)CNC(=O)C1=C(O)CC2(CC2)N(Cc2ccc(C3CC3)cc2)C1=O. The van der Waals surface area contributed by atoms with E-state index in [9.17, 15) is 19.5 Å². The van der Waals surface area contributed by atoms with E-state index in [1.807, 2.05) is 12.1 Å². The molecule has 0 saturated heterocycles. The number of aliphatic hydroxyl groups is 1. The van der Waals surface area contributed by atoms with Gasteiger partial charge in [0.05, 0.1) is 5.54 Å². The van der Waals surface area contributed by atoms with Crippen LogP contribution in [-0.2, 0) is 20.9 Å². The Kier molecular flexibility index (Phi) is 4.17. The Bertz CT molecular complexity index is 834. The highest BCUT2D eigenvalue weighted by Gasteiger charge is 2.55. The average molecular weight is 370 g/mol. The molecule has 1 spiro atoms. The predicted octanol–water partition coefficient (Wildman–Crippen LogP) is 1.84. The number of nitrogens with one attached hydrogen (secondary N) is 1. The van der Waals surface area contributed by atoms with Gasteiger partial charge in [-0.05, 0) is 42.7 Å². The molecular weight excluding hydrogens is 348 g/mol. The van der Waals surface area contributed by atoms with E-state index in [2.05, 4.69) is 17.4 Å². The fourth-order valence-corrected chi connectivity index (χ4v) is 3.77. The molecule has 0 atom stereocenters. The Morgan fingerprint density at radius 3 is 2.41 bits per heavy atom. The van der Waals surface area contributed by atoms with Gasteiger partial charge in [-0.15, -0.1) is 0 Å². The second-order valence-corrected chi connectivity index (χ2v) is 7.71. The number of carboxylic acids is 1. The summed E-state index contributed by atoms with van der Waals surface area (Å²) < 4.78 is 0. The monoisotopic (exact) mass is 370 g/mol. The Balaban J connectivity index is 1.54. The van der Waals surface area contributed by atoms with Crippen molar-refractivity contribution in [2.75, 3.05) is 6.54 Å². The molecule has 0 radical (unpaired) electrons. The Morgan fingerprint density at radius 1 is 1.19 bits per heavy atom. The van der Waals surface area contributed by atoms with Crippen molar-refractivity contribution in [3.05, 3.63) is 46.7 Å². The summed E-state index contributed by atoms with van der Waals surface area (Å²) >= 11 is 0. The van der Waals surface area contributed by atoms with Crippen LogP contribution in [0.1, 0.15) is 49.1 Å². The molecule has 7 nitrogen and oxygen atoms in total. The van der Waals surface area contributed by atoms with Crippen LogP contribution in [0.3, 0.4) is 0 Å². The van der Waals surface area contributed by atoms with E-state index in [1.54, 1.807) is 4.90 Å². The van der Waals surface area contributed by atoms with Gasteiger partial charge in [0, 0.05) is 13.0 Å². The molecule has 2 saturated carbocycles. The number of aliphatic hydroxyl groups excluding tert-OH is 1. The molecule has 3 aliphatic rings. The third kappa shape index (κ3) is 3.41. The van der Waals surface area contributed by atoms with Gasteiger partial charge in [0.25, 0.3) is 11.8 Å². The highest BCUT2D eigenvalue weighted by atomic mass is 16.4. The third-order valence-electron chi connectivity index (χ3n) is 5.64. The van der Waals surface area contributed by atoms with Gasteiger partial charge < -0.3 is 20.4 Å². The summed E-state index contributed by atoms with van der Waals surface area (Å²) in [4.78, 5) is 37.5. The maximum absolute atomic E-state index is 13.0. The summed E-state index contributed by atoms with van der Waals surface area (Å²) in [6.07, 6.45) is 4.26. The fourth-order valence-electron chi connectivity index (χ4n) is 3.77. The summed E-state index contributed by atoms with van der Waals surface area (Å²) in [5.74, 6) is -2.18. The number of aliphatic carboxylic acids is 1. The quantitative estimate of drug-likeness (QED) is 0.663. The van der Waals surface area contributed by atoms with Crippen LogP contribution in [0, 0.1) is 0 Å². The van der Waals surface area contributed by atoms with E-state index in [-0.39, 0.29) is 17.8 Å². The van der Waals surface area contributed by atoms with Crippen molar-refractivity contribution in [3.8, 4) is 0 Å². The molecule has 0 unspecified atom stereocenters. The first-order chi connectivity index (χ1) is 12.9. The summed E-state index contributed by atoms with van der Waals surface area (Å²) in [6.45, 7) is -0.233. The van der Waals surface area contributed by atoms with Crippen LogP contribution in [-0.4, -0.2) is 45.0 Å². The minimum Gasteiger partial charge on any atom is -0.511 e. The van der Waals surface area contributed by atoms with E-state index in [4.69, 9.17) is 5.11 Å². The Hall–Kier alpha value is -2.83. The molecule has 1 aromatic rings. The van der Waals surface area contributed by atoms with Crippen LogP contribution in [0.4, 0.5) is 0 Å². The minimum atomic E-state index is -1.21. The van der Waals surface area contributed by atoms with Crippen LogP contribution in [0.25, 0.3) is 0 Å². The fraction of sp³-hybridized carbons (Fsp3) is 0.450. The molecule has 1 heterocycles. The summed E-state index contributed by atoms with van der Waals surface area (Å²) in [7, 11) is 0. The van der Waals surface area contributed by atoms with Gasteiger partial charge in [-0.2, -0.15) is 0 Å². The highest BCUT2D eigenvalue weighted by molar-refractivity contribution is 6.19. The van der Waals surface area contributed by atoms with Crippen LogP contribution in [0.5, 0.6) is 0 Å². The molecule has 142 valence electrons. The molecule has 1 aliphatic heterocycles. The van der Waals surface area contributed by atoms with Crippen molar-refractivity contribution in [2.24, 2.45) is 0 Å². The van der Waals surface area contributed by atoms with Gasteiger partial charge in [0.1, 0.15) is 17.9 Å². The first-order valence-corrected chi connectivity index (χ1v) is 9.22. The zero-order valence-electron chi connectivity index (χ0n) is 14.9. The van der Waals surface area contributed by atoms with Gasteiger partial charge in [0.15, 0.2) is 0 Å². The molecule has 4 rings (SSSR count). The van der Waals surface area contributed by atoms with Gasteiger partial charge in [-0.1, -0.05) is 24.3 Å². The van der Waals surface area contributed by atoms with E-state index in [1.165, 1.54) is 18.4 Å². The molecular formula is C20H22N2O5. The maximum atomic E-state index is 13.0. The third-order valence-corrected chi connectivity index (χ3v) is 5.64. The number of hydrogen-bond acceptors (Lipinski definition) is 4. The lowest BCUT2D eigenvalue weighted by Crippen LogP contribution is -2.49. The normalized spacial score (nSPS) is 20.7. The lowest BCUT2D eigenvalue weighted by atomic mass is 9.96. The molecule has 2 aliphatic carbocycles. The molecule has 0 aromatic heterocycles. The molecule has 2 fully saturated rings. The van der Waals surface area contributed by atoms with E-state index >= 15 is 0 Å². The second kappa shape index (κ2) is 6.40. The Morgan fingerprint density at radius 2 is 1.85 bits per heavy atom. The molecule has 3 N–H and O–H groups in total. The van der Waals surface area contributed by atoms with Crippen molar-refractivity contribution in [1.82, 2.24) is 10.2 Å². The number of amides is 2. The first-order valence-electron chi connectivity index (χ1n) is 9.22. The first kappa shape index (κ1) is 17.6. The standard InChI is InChI=1S/C20H22N2O5/c23-15-9-20(7-8-20)22(19(27)17(15)18(26)21-10-16(24)25)11-12-1-3-13(4-2-12)14-5-6-14/h1-4,14,23H,5-11H2,(H,21,26)(H,24,25). The van der Waals surface area contributed by atoms with Gasteiger partial charge in [0.2, 0.25) is 0 Å². The van der Waals surface area contributed by atoms with Crippen LogP contribution in [0.15, 0.2) is 35.6 Å². The Labute approximate surface area is 156 Å². The number of hydrogen-bond donors (Lipinski definition) is 3. The number of carbonyl (C=O) groups excluding carboxylic acids is 2. The van der Waals surface area contributed by atoms with Crippen molar-refractivity contribution >= 4 is 17.8 Å². The van der Waals surface area contributed by atoms with Crippen molar-refractivity contribution in [2.45, 2.75) is 50.1 Å². The lowest BCUT2D eigenvalue weighted by Gasteiger charge is -2.36. The molecule has 1 aromatic carbocycles.